The van der Waals surface area contributed by atoms with Crippen LogP contribution >= 0.6 is 0 Å². The van der Waals surface area contributed by atoms with E-state index in [0.717, 1.165) is 0 Å². The van der Waals surface area contributed by atoms with Gasteiger partial charge in [0.2, 0.25) is 0 Å². The summed E-state index contributed by atoms with van der Waals surface area (Å²) in [6.07, 6.45) is 0. The third-order valence-corrected chi connectivity index (χ3v) is 0. The predicted molar refractivity (Wildman–Crippen MR) is 0 cm³/mol. The molecular weight excluding hydrogens is 373 g/mol. The van der Waals surface area contributed by atoms with E-state index in [1.165, 1.54) is 0 Å². The Kier molecular flexibility index (Phi) is 275. The fourth-order valence-electron chi connectivity index (χ4n) is 0. The molecule has 0 bridgehead atoms. The predicted octanol–water partition coefficient (Wildman–Crippen LogP) is -12.0. The fraction of sp³-hybridized carbons (Fsp3) is 0. The van der Waals surface area contributed by atoms with Crippen LogP contribution in [0.3, 0.4) is 0 Å². The Hall–Kier alpha value is 2.75. The van der Waals surface area contributed by atoms with Crippen molar-refractivity contribution in [2.75, 3.05) is 0 Å². The van der Waals surface area contributed by atoms with Crippen molar-refractivity contribution in [2.45, 2.75) is 0 Å². The average Bonchev–Trinajstić information content (AvgIpc) is 0. The fourth-order valence-corrected chi connectivity index (χ4v) is 0. The number of hydrogen-bond donors (Lipinski definition) is 0. The molecule has 0 aromatic rings. The zero-order valence-corrected chi connectivity index (χ0v) is 9.40. The molecule has 0 aliphatic rings. The maximum Gasteiger partial charge on any atom is 4.00 e. The SMILES string of the molecule is [Cl-].[Cl-].[I-].[I-].[Ti+4]. The monoisotopic (exact) mass is 372 g/mol. The Morgan fingerprint density at radius 2 is 0.600 bits per heavy atom. The maximum atomic E-state index is 0. The van der Waals surface area contributed by atoms with Gasteiger partial charge in [-0.3, -0.25) is 0 Å². The number of halogens is 4. The van der Waals surface area contributed by atoms with Crippen molar-refractivity contribution in [1.29, 1.82) is 0 Å². The van der Waals surface area contributed by atoms with Crippen LogP contribution in [-0.2, 0) is 21.7 Å². The van der Waals surface area contributed by atoms with Crippen molar-refractivity contribution in [3.05, 3.63) is 0 Å². The summed E-state index contributed by atoms with van der Waals surface area (Å²) in [5.74, 6) is 0. The van der Waals surface area contributed by atoms with E-state index in [4.69, 9.17) is 0 Å². The molecule has 0 heterocycles. The van der Waals surface area contributed by atoms with E-state index in [2.05, 4.69) is 0 Å². The minimum absolute atomic E-state index is 0. The van der Waals surface area contributed by atoms with Crippen LogP contribution < -0.4 is 72.8 Å². The average molecular weight is 373 g/mol. The first-order valence-corrected chi connectivity index (χ1v) is 0. The van der Waals surface area contributed by atoms with Crippen molar-refractivity contribution in [1.82, 2.24) is 0 Å². The summed E-state index contributed by atoms with van der Waals surface area (Å²) in [6, 6.07) is 0. The van der Waals surface area contributed by atoms with Gasteiger partial charge in [-0.2, -0.15) is 0 Å². The minimum atomic E-state index is 0. The van der Waals surface area contributed by atoms with Crippen LogP contribution in [0.4, 0.5) is 0 Å². The second-order valence-corrected chi connectivity index (χ2v) is 0. The molecule has 32 valence electrons. The Balaban J connectivity index is 0. The summed E-state index contributed by atoms with van der Waals surface area (Å²) < 4.78 is 0. The summed E-state index contributed by atoms with van der Waals surface area (Å²) in [5.41, 5.74) is 0. The molecule has 0 fully saturated rings. The summed E-state index contributed by atoms with van der Waals surface area (Å²) in [6.45, 7) is 0. The molecule has 0 aliphatic heterocycles. The molecule has 0 unspecified atom stereocenters. The molecule has 0 amide bonds. The molecule has 0 rings (SSSR count). The van der Waals surface area contributed by atoms with Gasteiger partial charge in [0.05, 0.1) is 0 Å². The van der Waals surface area contributed by atoms with Crippen molar-refractivity contribution >= 4 is 0 Å². The van der Waals surface area contributed by atoms with Gasteiger partial charge in [0.25, 0.3) is 0 Å². The third-order valence-electron chi connectivity index (χ3n) is 0. The van der Waals surface area contributed by atoms with Crippen molar-refractivity contribution in [2.24, 2.45) is 0 Å². The van der Waals surface area contributed by atoms with Gasteiger partial charge >= 0.3 is 21.7 Å². The van der Waals surface area contributed by atoms with Gasteiger partial charge in [0, 0.05) is 0 Å². The summed E-state index contributed by atoms with van der Waals surface area (Å²) in [5, 5.41) is 0. The molecule has 0 saturated heterocycles. The number of rotatable bonds is 0. The Labute approximate surface area is 93.0 Å². The zero-order valence-electron chi connectivity index (χ0n) is 2.01. The van der Waals surface area contributed by atoms with Gasteiger partial charge in [0.15, 0.2) is 0 Å². The molecule has 0 aromatic heterocycles. The first kappa shape index (κ1) is 46.6. The molecule has 0 atom stereocenters. The smallest absolute Gasteiger partial charge is 1.00 e. The maximum absolute atomic E-state index is 0. The molecular formula is Cl2I2Ti. The van der Waals surface area contributed by atoms with E-state index in [0.29, 0.717) is 0 Å². The van der Waals surface area contributed by atoms with Gasteiger partial charge in [-0.05, 0) is 0 Å². The van der Waals surface area contributed by atoms with E-state index < -0.39 is 0 Å². The quantitative estimate of drug-likeness (QED) is 0.293. The van der Waals surface area contributed by atoms with Gasteiger partial charge < -0.3 is 72.8 Å². The van der Waals surface area contributed by atoms with Crippen LogP contribution in [-0.4, -0.2) is 0 Å². The Morgan fingerprint density at radius 3 is 0.600 bits per heavy atom. The van der Waals surface area contributed by atoms with Crippen LogP contribution in [0.5, 0.6) is 0 Å². The van der Waals surface area contributed by atoms with Crippen LogP contribution in [0.2, 0.25) is 0 Å². The molecule has 0 N–H and O–H groups in total. The topological polar surface area (TPSA) is 0 Å². The normalized spacial score (nSPS) is 0. The van der Waals surface area contributed by atoms with E-state index in [1.807, 2.05) is 0 Å². The van der Waals surface area contributed by atoms with E-state index in [-0.39, 0.29) is 94.5 Å². The first-order valence-electron chi connectivity index (χ1n) is 0. The van der Waals surface area contributed by atoms with E-state index in [9.17, 15) is 0 Å². The van der Waals surface area contributed by atoms with Gasteiger partial charge in [0.1, 0.15) is 0 Å². The van der Waals surface area contributed by atoms with Crippen LogP contribution in [0.25, 0.3) is 0 Å². The number of hydrogen-bond acceptors (Lipinski definition) is 0. The molecule has 5 heavy (non-hydrogen) atoms. The van der Waals surface area contributed by atoms with Crippen molar-refractivity contribution < 1.29 is 94.5 Å². The third kappa shape index (κ3) is 20.1. The van der Waals surface area contributed by atoms with Crippen molar-refractivity contribution in [3.8, 4) is 0 Å². The first-order chi connectivity index (χ1) is 0. The van der Waals surface area contributed by atoms with E-state index >= 15 is 0 Å². The molecule has 0 saturated carbocycles. The summed E-state index contributed by atoms with van der Waals surface area (Å²) >= 11 is 0. The summed E-state index contributed by atoms with van der Waals surface area (Å²) in [4.78, 5) is 0. The zero-order chi connectivity index (χ0) is 0. The van der Waals surface area contributed by atoms with Crippen LogP contribution in [0.15, 0.2) is 0 Å². The summed E-state index contributed by atoms with van der Waals surface area (Å²) in [7, 11) is 0. The van der Waals surface area contributed by atoms with E-state index in [1.54, 1.807) is 0 Å². The van der Waals surface area contributed by atoms with Gasteiger partial charge in [-0.25, -0.2) is 0 Å². The Bertz CT molecular complexity index is 7.61. The molecule has 0 spiro atoms. The Morgan fingerprint density at radius 1 is 0.600 bits per heavy atom. The van der Waals surface area contributed by atoms with Gasteiger partial charge in [-0.1, -0.05) is 0 Å². The molecule has 0 radical (unpaired) electrons. The van der Waals surface area contributed by atoms with Crippen LogP contribution in [0, 0.1) is 0 Å². The molecule has 0 nitrogen and oxygen atoms in total. The molecule has 0 aromatic carbocycles. The van der Waals surface area contributed by atoms with Crippen LogP contribution in [0.1, 0.15) is 0 Å². The second kappa shape index (κ2) is 29.5. The standard InChI is InChI=1S/2ClH.2HI.Ti/h4*1H;/q;;;;+4/p-4. The minimum Gasteiger partial charge on any atom is -1.00 e. The molecule has 5 heteroatoms. The molecule has 0 aliphatic carbocycles. The van der Waals surface area contributed by atoms with Gasteiger partial charge in [-0.15, -0.1) is 0 Å². The largest absolute Gasteiger partial charge is 4.00 e. The van der Waals surface area contributed by atoms with Crippen molar-refractivity contribution in [3.63, 3.8) is 0 Å². The second-order valence-electron chi connectivity index (χ2n) is 0.